The van der Waals surface area contributed by atoms with Crippen molar-refractivity contribution in [2.75, 3.05) is 10.6 Å². The molecule has 4 rings (SSSR count). The Labute approximate surface area is 221 Å². The molecule has 1 aromatic heterocycles. The predicted octanol–water partition coefficient (Wildman–Crippen LogP) is 8.46. The molecule has 0 unspecified atom stereocenters. The number of rotatable bonds is 6. The number of amides is 2. The zero-order chi connectivity index (χ0) is 24.9. The standard InChI is InChI=1S/C26H16Cl4N2O3/c27-16-4-7-22(23(30)13-16)26(34)32-20-3-1-2-19(14-20)31-25(33)9-6-21-5-8-24(35-21)15-10-17(28)12-18(29)11-15/h1-14H,(H,31,33)(H,32,34)/b9-6+. The highest BCUT2D eigenvalue weighted by molar-refractivity contribution is 6.37. The molecule has 9 heteroatoms. The quantitative estimate of drug-likeness (QED) is 0.239. The summed E-state index contributed by atoms with van der Waals surface area (Å²) < 4.78 is 5.75. The van der Waals surface area contributed by atoms with Crippen LogP contribution in [0, 0.1) is 0 Å². The number of carbonyl (C=O) groups is 2. The monoisotopic (exact) mass is 544 g/mol. The number of anilines is 2. The van der Waals surface area contributed by atoms with Crippen LogP contribution in [0.15, 0.2) is 83.3 Å². The predicted molar refractivity (Wildman–Crippen MR) is 143 cm³/mol. The van der Waals surface area contributed by atoms with E-state index in [1.54, 1.807) is 66.7 Å². The van der Waals surface area contributed by atoms with Gasteiger partial charge in [0.2, 0.25) is 5.91 Å². The molecule has 2 N–H and O–H groups in total. The minimum atomic E-state index is -0.398. The normalized spacial score (nSPS) is 11.0. The third-order valence-electron chi connectivity index (χ3n) is 4.74. The van der Waals surface area contributed by atoms with E-state index in [0.717, 1.165) is 5.56 Å². The summed E-state index contributed by atoms with van der Waals surface area (Å²) in [6.45, 7) is 0. The van der Waals surface area contributed by atoms with Gasteiger partial charge >= 0.3 is 0 Å². The Hall–Kier alpha value is -3.22. The molecule has 0 atom stereocenters. The Morgan fingerprint density at radius 2 is 1.46 bits per heavy atom. The molecule has 0 saturated carbocycles. The molecule has 0 aliphatic carbocycles. The van der Waals surface area contributed by atoms with Crippen LogP contribution in [0.1, 0.15) is 16.1 Å². The van der Waals surface area contributed by atoms with E-state index in [-0.39, 0.29) is 16.5 Å². The average Bonchev–Trinajstić information content (AvgIpc) is 3.26. The van der Waals surface area contributed by atoms with Crippen LogP contribution >= 0.6 is 46.4 Å². The van der Waals surface area contributed by atoms with Crippen LogP contribution in [0.5, 0.6) is 0 Å². The minimum Gasteiger partial charge on any atom is -0.457 e. The fourth-order valence-electron chi connectivity index (χ4n) is 3.18. The summed E-state index contributed by atoms with van der Waals surface area (Å²) in [7, 11) is 0. The summed E-state index contributed by atoms with van der Waals surface area (Å²) in [5.41, 5.74) is 1.99. The summed E-state index contributed by atoms with van der Waals surface area (Å²) >= 11 is 24.1. The van der Waals surface area contributed by atoms with Crippen molar-refractivity contribution in [1.82, 2.24) is 0 Å². The van der Waals surface area contributed by atoms with E-state index in [9.17, 15) is 9.59 Å². The van der Waals surface area contributed by atoms with Gasteiger partial charge in [-0.1, -0.05) is 52.5 Å². The smallest absolute Gasteiger partial charge is 0.257 e. The van der Waals surface area contributed by atoms with Gasteiger partial charge in [0, 0.05) is 38.1 Å². The molecular formula is C26H16Cl4N2O3. The third-order valence-corrected chi connectivity index (χ3v) is 5.72. The van der Waals surface area contributed by atoms with Crippen molar-refractivity contribution in [2.45, 2.75) is 0 Å². The maximum Gasteiger partial charge on any atom is 0.257 e. The van der Waals surface area contributed by atoms with E-state index in [1.807, 2.05) is 0 Å². The highest BCUT2D eigenvalue weighted by Crippen LogP contribution is 2.29. The Bertz CT molecular complexity index is 1430. The topological polar surface area (TPSA) is 71.3 Å². The lowest BCUT2D eigenvalue weighted by Crippen LogP contribution is -2.13. The van der Waals surface area contributed by atoms with Crippen molar-refractivity contribution in [2.24, 2.45) is 0 Å². The van der Waals surface area contributed by atoms with Gasteiger partial charge in [-0.3, -0.25) is 9.59 Å². The second-order valence-electron chi connectivity index (χ2n) is 7.34. The second kappa shape index (κ2) is 11.0. The van der Waals surface area contributed by atoms with Gasteiger partial charge in [0.05, 0.1) is 10.6 Å². The van der Waals surface area contributed by atoms with E-state index < -0.39 is 5.91 Å². The van der Waals surface area contributed by atoms with Crippen LogP contribution in [0.2, 0.25) is 20.1 Å². The lowest BCUT2D eigenvalue weighted by molar-refractivity contribution is -0.111. The fraction of sp³-hybridized carbons (Fsp3) is 0. The highest BCUT2D eigenvalue weighted by atomic mass is 35.5. The second-order valence-corrected chi connectivity index (χ2v) is 9.06. The van der Waals surface area contributed by atoms with Gasteiger partial charge in [-0.15, -0.1) is 0 Å². The summed E-state index contributed by atoms with van der Waals surface area (Å²) in [5, 5.41) is 7.15. The first-order valence-electron chi connectivity index (χ1n) is 10.2. The SMILES string of the molecule is O=C(/C=C/c1ccc(-c2cc(Cl)cc(Cl)c2)o1)Nc1cccc(NC(=O)c2ccc(Cl)cc2Cl)c1. The Morgan fingerprint density at radius 1 is 0.743 bits per heavy atom. The maximum absolute atomic E-state index is 12.5. The number of furan rings is 1. The van der Waals surface area contributed by atoms with Gasteiger partial charge in [0.15, 0.2) is 0 Å². The molecule has 0 aliphatic heterocycles. The molecule has 35 heavy (non-hydrogen) atoms. The molecule has 0 spiro atoms. The van der Waals surface area contributed by atoms with E-state index >= 15 is 0 Å². The van der Waals surface area contributed by atoms with Gasteiger partial charge in [-0.2, -0.15) is 0 Å². The van der Waals surface area contributed by atoms with Crippen LogP contribution in [0.3, 0.4) is 0 Å². The number of benzene rings is 3. The fourth-order valence-corrected chi connectivity index (χ4v) is 4.20. The van der Waals surface area contributed by atoms with Crippen molar-refractivity contribution in [3.8, 4) is 11.3 Å². The van der Waals surface area contributed by atoms with Crippen molar-refractivity contribution in [3.63, 3.8) is 0 Å². The molecule has 4 aromatic rings. The molecule has 1 heterocycles. The molecule has 176 valence electrons. The van der Waals surface area contributed by atoms with Gasteiger partial charge in [0.1, 0.15) is 11.5 Å². The zero-order valence-electron chi connectivity index (χ0n) is 17.8. The van der Waals surface area contributed by atoms with E-state index in [0.29, 0.717) is 38.0 Å². The zero-order valence-corrected chi connectivity index (χ0v) is 20.8. The molecule has 0 radical (unpaired) electrons. The third kappa shape index (κ3) is 6.68. The summed E-state index contributed by atoms with van der Waals surface area (Å²) in [6, 6.07) is 19.9. The van der Waals surface area contributed by atoms with E-state index in [4.69, 9.17) is 50.8 Å². The molecule has 5 nitrogen and oxygen atoms in total. The number of halogens is 4. The average molecular weight is 546 g/mol. The highest BCUT2D eigenvalue weighted by Gasteiger charge is 2.12. The number of nitrogens with one attached hydrogen (secondary N) is 2. The molecule has 0 fully saturated rings. The molecule has 3 aromatic carbocycles. The van der Waals surface area contributed by atoms with Crippen molar-refractivity contribution in [3.05, 3.63) is 110 Å². The minimum absolute atomic E-state index is 0.240. The van der Waals surface area contributed by atoms with Crippen molar-refractivity contribution >= 4 is 75.7 Å². The van der Waals surface area contributed by atoms with E-state index in [1.165, 1.54) is 18.2 Å². The number of carbonyl (C=O) groups excluding carboxylic acids is 2. The summed E-state index contributed by atoms with van der Waals surface area (Å²) in [4.78, 5) is 24.9. The van der Waals surface area contributed by atoms with Crippen LogP contribution in [0.25, 0.3) is 17.4 Å². The number of hydrogen-bond donors (Lipinski definition) is 2. The van der Waals surface area contributed by atoms with Gasteiger partial charge in [-0.25, -0.2) is 0 Å². The first kappa shape index (κ1) is 24.9. The van der Waals surface area contributed by atoms with E-state index in [2.05, 4.69) is 10.6 Å². The lowest BCUT2D eigenvalue weighted by atomic mass is 10.2. The lowest BCUT2D eigenvalue weighted by Gasteiger charge is -2.09. The number of hydrogen-bond acceptors (Lipinski definition) is 3. The van der Waals surface area contributed by atoms with Crippen LogP contribution in [-0.2, 0) is 4.79 Å². The Morgan fingerprint density at radius 3 is 2.17 bits per heavy atom. The van der Waals surface area contributed by atoms with Crippen LogP contribution in [-0.4, -0.2) is 11.8 Å². The van der Waals surface area contributed by atoms with Crippen molar-refractivity contribution in [1.29, 1.82) is 0 Å². The van der Waals surface area contributed by atoms with Gasteiger partial charge < -0.3 is 15.1 Å². The molecule has 0 bridgehead atoms. The Balaban J connectivity index is 1.39. The first-order valence-corrected chi connectivity index (χ1v) is 11.7. The maximum atomic E-state index is 12.5. The Kier molecular flexibility index (Phi) is 7.83. The first-order chi connectivity index (χ1) is 16.8. The van der Waals surface area contributed by atoms with Crippen molar-refractivity contribution < 1.29 is 14.0 Å². The van der Waals surface area contributed by atoms with Gasteiger partial charge in [-0.05, 0) is 72.8 Å². The molecule has 0 saturated heterocycles. The largest absolute Gasteiger partial charge is 0.457 e. The van der Waals surface area contributed by atoms with Crippen LogP contribution < -0.4 is 10.6 Å². The molecule has 2 amide bonds. The van der Waals surface area contributed by atoms with Gasteiger partial charge in [0.25, 0.3) is 5.91 Å². The molecular weight excluding hydrogens is 530 g/mol. The summed E-state index contributed by atoms with van der Waals surface area (Å²) in [6.07, 6.45) is 2.88. The summed E-state index contributed by atoms with van der Waals surface area (Å²) in [5.74, 6) is 0.272. The van der Waals surface area contributed by atoms with Crippen LogP contribution in [0.4, 0.5) is 11.4 Å². The molecule has 0 aliphatic rings.